The first kappa shape index (κ1) is 11.5. The van der Waals surface area contributed by atoms with Crippen LogP contribution in [0.1, 0.15) is 0 Å². The fourth-order valence-electron chi connectivity index (χ4n) is 1.10. The standard InChI is InChI=1S/C10H8ClFN4O/c1-13-9-14-8(11)15-10(16-9)17-7-4-2-6(12)3-5-7/h2-5H,1H3,(H,13,14,15,16). The Hall–Kier alpha value is -1.95. The molecule has 0 amide bonds. The van der Waals surface area contributed by atoms with E-state index in [1.807, 2.05) is 0 Å². The molecule has 0 saturated carbocycles. The summed E-state index contributed by atoms with van der Waals surface area (Å²) >= 11 is 5.68. The molecule has 0 fully saturated rings. The lowest BCUT2D eigenvalue weighted by molar-refractivity contribution is 0.439. The quantitative estimate of drug-likeness (QED) is 0.912. The number of nitrogens with one attached hydrogen (secondary N) is 1. The number of rotatable bonds is 3. The fourth-order valence-corrected chi connectivity index (χ4v) is 1.25. The Balaban J connectivity index is 2.23. The van der Waals surface area contributed by atoms with Gasteiger partial charge in [-0.25, -0.2) is 4.39 Å². The number of halogens is 2. The van der Waals surface area contributed by atoms with Crippen LogP contribution in [0.25, 0.3) is 0 Å². The molecule has 0 spiro atoms. The van der Waals surface area contributed by atoms with Crippen molar-refractivity contribution in [2.45, 2.75) is 0 Å². The molecule has 7 heteroatoms. The third kappa shape index (κ3) is 3.01. The molecule has 2 rings (SSSR count). The van der Waals surface area contributed by atoms with Gasteiger partial charge in [-0.2, -0.15) is 15.0 Å². The predicted molar refractivity (Wildman–Crippen MR) is 60.9 cm³/mol. The van der Waals surface area contributed by atoms with E-state index in [2.05, 4.69) is 20.3 Å². The van der Waals surface area contributed by atoms with Crippen LogP contribution in [0.5, 0.6) is 11.8 Å². The molecule has 5 nitrogen and oxygen atoms in total. The molecule has 1 aromatic carbocycles. The topological polar surface area (TPSA) is 59.9 Å². The monoisotopic (exact) mass is 254 g/mol. The van der Waals surface area contributed by atoms with Gasteiger partial charge in [-0.15, -0.1) is 0 Å². The summed E-state index contributed by atoms with van der Waals surface area (Å²) < 4.78 is 18.0. The number of nitrogens with zero attached hydrogens (tertiary/aromatic N) is 3. The summed E-state index contributed by atoms with van der Waals surface area (Å²) in [4.78, 5) is 11.5. The van der Waals surface area contributed by atoms with Crippen LogP contribution in [0.2, 0.25) is 5.28 Å². The smallest absolute Gasteiger partial charge is 0.328 e. The lowest BCUT2D eigenvalue weighted by Gasteiger charge is -2.05. The van der Waals surface area contributed by atoms with Crippen LogP contribution < -0.4 is 10.1 Å². The minimum absolute atomic E-state index is 0.0152. The first-order valence-electron chi connectivity index (χ1n) is 4.70. The van der Waals surface area contributed by atoms with Crippen LogP contribution in [-0.4, -0.2) is 22.0 Å². The molecular formula is C10H8ClFN4O. The second kappa shape index (κ2) is 4.92. The largest absolute Gasteiger partial charge is 0.424 e. The highest BCUT2D eigenvalue weighted by Crippen LogP contribution is 2.19. The van der Waals surface area contributed by atoms with Crippen LogP contribution in [0.15, 0.2) is 24.3 Å². The first-order chi connectivity index (χ1) is 8.17. The molecule has 0 aliphatic rings. The molecule has 17 heavy (non-hydrogen) atoms. The van der Waals surface area contributed by atoms with Crippen molar-refractivity contribution < 1.29 is 9.13 Å². The van der Waals surface area contributed by atoms with Gasteiger partial charge in [0.2, 0.25) is 11.2 Å². The molecule has 88 valence electrons. The van der Waals surface area contributed by atoms with Crippen molar-refractivity contribution in [2.24, 2.45) is 0 Å². The molecule has 0 aliphatic heterocycles. The Morgan fingerprint density at radius 2 is 1.88 bits per heavy atom. The normalized spacial score (nSPS) is 10.1. The van der Waals surface area contributed by atoms with E-state index in [0.717, 1.165) is 0 Å². The van der Waals surface area contributed by atoms with Crippen molar-refractivity contribution in [1.29, 1.82) is 0 Å². The van der Waals surface area contributed by atoms with Gasteiger partial charge in [0.05, 0.1) is 0 Å². The van der Waals surface area contributed by atoms with E-state index >= 15 is 0 Å². The number of benzene rings is 1. The second-order valence-corrected chi connectivity index (χ2v) is 3.35. The molecule has 1 heterocycles. The molecule has 0 bridgehead atoms. The highest BCUT2D eigenvalue weighted by atomic mass is 35.5. The summed E-state index contributed by atoms with van der Waals surface area (Å²) in [5, 5.41) is 2.73. The third-order valence-corrected chi connectivity index (χ3v) is 2.00. The van der Waals surface area contributed by atoms with Crippen LogP contribution in [0, 0.1) is 5.82 Å². The summed E-state index contributed by atoms with van der Waals surface area (Å²) in [5.74, 6) is 0.361. The van der Waals surface area contributed by atoms with Crippen LogP contribution in [0.3, 0.4) is 0 Å². The van der Waals surface area contributed by atoms with E-state index in [0.29, 0.717) is 11.7 Å². The molecule has 0 atom stereocenters. The van der Waals surface area contributed by atoms with E-state index in [-0.39, 0.29) is 17.1 Å². The maximum atomic E-state index is 12.7. The molecular weight excluding hydrogens is 247 g/mol. The van der Waals surface area contributed by atoms with Crippen molar-refractivity contribution >= 4 is 17.5 Å². The highest BCUT2D eigenvalue weighted by Gasteiger charge is 2.06. The predicted octanol–water partition coefficient (Wildman–Crippen LogP) is 2.50. The van der Waals surface area contributed by atoms with Crippen LogP contribution in [0.4, 0.5) is 10.3 Å². The fraction of sp³-hybridized carbons (Fsp3) is 0.100. The maximum Gasteiger partial charge on any atom is 0.328 e. The maximum absolute atomic E-state index is 12.7. The SMILES string of the molecule is CNc1nc(Cl)nc(Oc2ccc(F)cc2)n1. The summed E-state index contributed by atoms with van der Waals surface area (Å²) in [5.41, 5.74) is 0. The number of anilines is 1. The third-order valence-electron chi connectivity index (χ3n) is 1.83. The Morgan fingerprint density at radius 3 is 2.53 bits per heavy atom. The van der Waals surface area contributed by atoms with Gasteiger partial charge in [-0.3, -0.25) is 0 Å². The molecule has 0 aliphatic carbocycles. The van der Waals surface area contributed by atoms with Crippen molar-refractivity contribution in [1.82, 2.24) is 15.0 Å². The van der Waals surface area contributed by atoms with Gasteiger partial charge in [0.1, 0.15) is 11.6 Å². The van der Waals surface area contributed by atoms with E-state index in [1.165, 1.54) is 24.3 Å². The Bertz CT molecular complexity index is 520. The van der Waals surface area contributed by atoms with Crippen molar-refractivity contribution in [3.63, 3.8) is 0 Å². The number of aromatic nitrogens is 3. The minimum atomic E-state index is -0.345. The van der Waals surface area contributed by atoms with Crippen molar-refractivity contribution in [3.05, 3.63) is 35.4 Å². The zero-order valence-corrected chi connectivity index (χ0v) is 9.57. The van der Waals surface area contributed by atoms with Crippen LogP contribution in [-0.2, 0) is 0 Å². The average molecular weight is 255 g/mol. The van der Waals surface area contributed by atoms with Gasteiger partial charge in [0, 0.05) is 7.05 Å². The van der Waals surface area contributed by atoms with Crippen molar-refractivity contribution in [3.8, 4) is 11.8 Å². The van der Waals surface area contributed by atoms with Gasteiger partial charge in [-0.05, 0) is 35.9 Å². The Kier molecular flexibility index (Phi) is 3.34. The Morgan fingerprint density at radius 1 is 1.18 bits per heavy atom. The number of hydrogen-bond acceptors (Lipinski definition) is 5. The molecule has 0 saturated heterocycles. The van der Waals surface area contributed by atoms with Gasteiger partial charge < -0.3 is 10.1 Å². The molecule has 2 aromatic rings. The minimum Gasteiger partial charge on any atom is -0.424 e. The summed E-state index contributed by atoms with van der Waals surface area (Å²) in [6.07, 6.45) is 0. The van der Waals surface area contributed by atoms with E-state index in [1.54, 1.807) is 7.05 Å². The van der Waals surface area contributed by atoms with Crippen molar-refractivity contribution in [2.75, 3.05) is 12.4 Å². The lowest BCUT2D eigenvalue weighted by Crippen LogP contribution is -2.01. The van der Waals surface area contributed by atoms with Gasteiger partial charge in [0.25, 0.3) is 0 Å². The van der Waals surface area contributed by atoms with Gasteiger partial charge in [0.15, 0.2) is 0 Å². The summed E-state index contributed by atoms with van der Waals surface area (Å²) in [7, 11) is 1.65. The second-order valence-electron chi connectivity index (χ2n) is 3.02. The summed E-state index contributed by atoms with van der Waals surface area (Å²) in [6, 6.07) is 5.52. The molecule has 1 aromatic heterocycles. The number of ether oxygens (including phenoxy) is 1. The molecule has 0 radical (unpaired) electrons. The van der Waals surface area contributed by atoms with Gasteiger partial charge >= 0.3 is 6.01 Å². The highest BCUT2D eigenvalue weighted by molar-refractivity contribution is 6.28. The zero-order chi connectivity index (χ0) is 12.3. The van der Waals surface area contributed by atoms with Gasteiger partial charge in [-0.1, -0.05) is 0 Å². The van der Waals surface area contributed by atoms with E-state index in [9.17, 15) is 4.39 Å². The average Bonchev–Trinajstić information content (AvgIpc) is 2.31. The zero-order valence-electron chi connectivity index (χ0n) is 8.82. The first-order valence-corrected chi connectivity index (χ1v) is 5.08. The van der Waals surface area contributed by atoms with E-state index in [4.69, 9.17) is 16.3 Å². The van der Waals surface area contributed by atoms with Crippen LogP contribution >= 0.6 is 11.6 Å². The lowest BCUT2D eigenvalue weighted by atomic mass is 10.3. The molecule has 1 N–H and O–H groups in total. The Labute approximate surface area is 102 Å². The van der Waals surface area contributed by atoms with E-state index < -0.39 is 0 Å². The summed E-state index contributed by atoms with van der Waals surface area (Å²) in [6.45, 7) is 0. The number of hydrogen-bond donors (Lipinski definition) is 1. The molecule has 0 unspecified atom stereocenters.